The molecule has 0 amide bonds. The summed E-state index contributed by atoms with van der Waals surface area (Å²) >= 11 is 0. The summed E-state index contributed by atoms with van der Waals surface area (Å²) in [5, 5.41) is 3.25. The predicted octanol–water partition coefficient (Wildman–Crippen LogP) is 2.61. The molecule has 0 saturated heterocycles. The van der Waals surface area contributed by atoms with Gasteiger partial charge in [-0.3, -0.25) is 4.57 Å². The van der Waals surface area contributed by atoms with Crippen LogP contribution in [0.5, 0.6) is 0 Å². The van der Waals surface area contributed by atoms with Crippen molar-refractivity contribution in [1.82, 2.24) is 19.5 Å². The van der Waals surface area contributed by atoms with E-state index >= 15 is 0 Å². The first-order valence-electron chi connectivity index (χ1n) is 6.92. The average Bonchev–Trinajstić information content (AvgIpc) is 2.87. The van der Waals surface area contributed by atoms with Crippen LogP contribution in [0.15, 0.2) is 18.5 Å². The van der Waals surface area contributed by atoms with E-state index in [0.717, 1.165) is 49.1 Å². The van der Waals surface area contributed by atoms with E-state index in [2.05, 4.69) is 41.0 Å². The molecule has 102 valence electrons. The number of nitrogens with zero attached hydrogens (tertiary/aromatic N) is 4. The van der Waals surface area contributed by atoms with E-state index in [1.54, 1.807) is 0 Å². The van der Waals surface area contributed by atoms with Gasteiger partial charge in [0.2, 0.25) is 0 Å². The lowest BCUT2D eigenvalue weighted by molar-refractivity contribution is 0.787. The SMILES string of the molecule is CCCc1nccn1-c1cc(NCC)nc(CC)n1. The Kier molecular flexibility index (Phi) is 4.49. The molecule has 0 fully saturated rings. The number of hydrogen-bond acceptors (Lipinski definition) is 4. The van der Waals surface area contributed by atoms with Gasteiger partial charge in [-0.15, -0.1) is 0 Å². The number of aryl methyl sites for hydroxylation is 2. The van der Waals surface area contributed by atoms with Crippen LogP contribution < -0.4 is 5.32 Å². The molecule has 0 aliphatic carbocycles. The lowest BCUT2D eigenvalue weighted by Gasteiger charge is -2.10. The predicted molar refractivity (Wildman–Crippen MR) is 76.7 cm³/mol. The summed E-state index contributed by atoms with van der Waals surface area (Å²) in [5.41, 5.74) is 0. The Balaban J connectivity index is 2.42. The van der Waals surface area contributed by atoms with E-state index in [4.69, 9.17) is 0 Å². The summed E-state index contributed by atoms with van der Waals surface area (Å²) in [6, 6.07) is 1.98. The molecule has 2 rings (SSSR count). The Labute approximate surface area is 114 Å². The van der Waals surface area contributed by atoms with Crippen molar-refractivity contribution in [3.05, 3.63) is 30.1 Å². The van der Waals surface area contributed by atoms with Crippen LogP contribution in [-0.2, 0) is 12.8 Å². The van der Waals surface area contributed by atoms with Gasteiger partial charge in [-0.1, -0.05) is 13.8 Å². The molecule has 0 spiro atoms. The minimum Gasteiger partial charge on any atom is -0.370 e. The van der Waals surface area contributed by atoms with E-state index in [0.29, 0.717) is 0 Å². The molecule has 0 aliphatic heterocycles. The van der Waals surface area contributed by atoms with Crippen molar-refractivity contribution < 1.29 is 0 Å². The first-order chi connectivity index (χ1) is 9.28. The van der Waals surface area contributed by atoms with Crippen molar-refractivity contribution in [3.8, 4) is 5.82 Å². The zero-order chi connectivity index (χ0) is 13.7. The van der Waals surface area contributed by atoms with Crippen LogP contribution in [0.3, 0.4) is 0 Å². The maximum Gasteiger partial charge on any atom is 0.143 e. The maximum absolute atomic E-state index is 4.59. The lowest BCUT2D eigenvalue weighted by atomic mass is 10.3. The fourth-order valence-corrected chi connectivity index (χ4v) is 1.99. The highest BCUT2D eigenvalue weighted by atomic mass is 15.1. The molecule has 2 aromatic rings. The van der Waals surface area contributed by atoms with E-state index in [-0.39, 0.29) is 0 Å². The zero-order valence-electron chi connectivity index (χ0n) is 11.8. The number of aromatic nitrogens is 4. The summed E-state index contributed by atoms with van der Waals surface area (Å²) in [5.74, 6) is 3.67. The molecule has 0 radical (unpaired) electrons. The summed E-state index contributed by atoms with van der Waals surface area (Å²) in [7, 11) is 0. The quantitative estimate of drug-likeness (QED) is 0.866. The van der Waals surface area contributed by atoms with Crippen molar-refractivity contribution in [2.24, 2.45) is 0 Å². The molecule has 0 aliphatic rings. The van der Waals surface area contributed by atoms with Crippen LogP contribution in [0, 0.1) is 0 Å². The Morgan fingerprint density at radius 3 is 2.74 bits per heavy atom. The van der Waals surface area contributed by atoms with Gasteiger partial charge in [-0.25, -0.2) is 15.0 Å². The second kappa shape index (κ2) is 6.31. The Morgan fingerprint density at radius 1 is 1.21 bits per heavy atom. The van der Waals surface area contributed by atoms with Crippen LogP contribution in [-0.4, -0.2) is 26.1 Å². The van der Waals surface area contributed by atoms with Crippen LogP contribution >= 0.6 is 0 Å². The lowest BCUT2D eigenvalue weighted by Crippen LogP contribution is -2.09. The first kappa shape index (κ1) is 13.5. The molecule has 2 heterocycles. The maximum atomic E-state index is 4.59. The number of nitrogens with one attached hydrogen (secondary N) is 1. The fraction of sp³-hybridized carbons (Fsp3) is 0.500. The Morgan fingerprint density at radius 2 is 2.05 bits per heavy atom. The molecule has 19 heavy (non-hydrogen) atoms. The van der Waals surface area contributed by atoms with E-state index in [9.17, 15) is 0 Å². The standard InChI is InChI=1S/C14H21N5/c1-4-7-13-16-8-9-19(13)14-10-12(15-6-3)17-11(5-2)18-14/h8-10H,4-7H2,1-3H3,(H,15,17,18). The minimum absolute atomic E-state index is 0.823. The third-order valence-electron chi connectivity index (χ3n) is 2.87. The second-order valence-electron chi connectivity index (χ2n) is 4.37. The highest BCUT2D eigenvalue weighted by Crippen LogP contribution is 2.14. The molecule has 1 N–H and O–H groups in total. The van der Waals surface area contributed by atoms with Gasteiger partial charge in [0.05, 0.1) is 0 Å². The summed E-state index contributed by atoms with van der Waals surface area (Å²) in [4.78, 5) is 13.5. The third kappa shape index (κ3) is 3.10. The molecule has 5 heteroatoms. The minimum atomic E-state index is 0.823. The normalized spacial score (nSPS) is 10.7. The average molecular weight is 259 g/mol. The highest BCUT2D eigenvalue weighted by molar-refractivity contribution is 5.42. The van der Waals surface area contributed by atoms with Crippen molar-refractivity contribution in [2.45, 2.75) is 40.0 Å². The topological polar surface area (TPSA) is 55.6 Å². The first-order valence-corrected chi connectivity index (χ1v) is 6.92. The molecule has 0 atom stereocenters. The third-order valence-corrected chi connectivity index (χ3v) is 2.87. The van der Waals surface area contributed by atoms with Crippen molar-refractivity contribution in [1.29, 1.82) is 0 Å². The van der Waals surface area contributed by atoms with Gasteiger partial charge in [-0.05, 0) is 13.3 Å². The molecule has 0 saturated carbocycles. The number of imidazole rings is 1. The van der Waals surface area contributed by atoms with Crippen LogP contribution in [0.4, 0.5) is 5.82 Å². The van der Waals surface area contributed by atoms with Gasteiger partial charge in [0, 0.05) is 37.8 Å². The van der Waals surface area contributed by atoms with Gasteiger partial charge in [0.25, 0.3) is 0 Å². The van der Waals surface area contributed by atoms with Crippen molar-refractivity contribution >= 4 is 5.82 Å². The molecular formula is C14H21N5. The fourth-order valence-electron chi connectivity index (χ4n) is 1.99. The van der Waals surface area contributed by atoms with Gasteiger partial charge < -0.3 is 5.32 Å². The van der Waals surface area contributed by atoms with Crippen LogP contribution in [0.25, 0.3) is 5.82 Å². The number of hydrogen-bond donors (Lipinski definition) is 1. The van der Waals surface area contributed by atoms with Crippen LogP contribution in [0.2, 0.25) is 0 Å². The molecule has 5 nitrogen and oxygen atoms in total. The van der Waals surface area contributed by atoms with E-state index in [1.807, 2.05) is 23.0 Å². The van der Waals surface area contributed by atoms with Crippen LogP contribution in [0.1, 0.15) is 38.8 Å². The van der Waals surface area contributed by atoms with E-state index in [1.165, 1.54) is 0 Å². The number of rotatable bonds is 6. The second-order valence-corrected chi connectivity index (χ2v) is 4.37. The number of anilines is 1. The Bertz CT molecular complexity index is 532. The van der Waals surface area contributed by atoms with Gasteiger partial charge in [0.1, 0.15) is 23.3 Å². The van der Waals surface area contributed by atoms with Gasteiger partial charge in [0.15, 0.2) is 0 Å². The molecule has 0 aromatic carbocycles. The monoisotopic (exact) mass is 259 g/mol. The highest BCUT2D eigenvalue weighted by Gasteiger charge is 2.08. The molecular weight excluding hydrogens is 238 g/mol. The largest absolute Gasteiger partial charge is 0.370 e. The van der Waals surface area contributed by atoms with Gasteiger partial charge >= 0.3 is 0 Å². The van der Waals surface area contributed by atoms with Crippen molar-refractivity contribution in [2.75, 3.05) is 11.9 Å². The zero-order valence-corrected chi connectivity index (χ0v) is 11.8. The Hall–Kier alpha value is -1.91. The smallest absolute Gasteiger partial charge is 0.143 e. The van der Waals surface area contributed by atoms with E-state index < -0.39 is 0 Å². The molecule has 0 bridgehead atoms. The summed E-state index contributed by atoms with van der Waals surface area (Å²) in [6.45, 7) is 7.13. The molecule has 0 unspecified atom stereocenters. The summed E-state index contributed by atoms with van der Waals surface area (Å²) in [6.07, 6.45) is 6.63. The summed E-state index contributed by atoms with van der Waals surface area (Å²) < 4.78 is 2.05. The van der Waals surface area contributed by atoms with Gasteiger partial charge in [-0.2, -0.15) is 0 Å². The molecule has 2 aromatic heterocycles. The van der Waals surface area contributed by atoms with Crippen molar-refractivity contribution in [3.63, 3.8) is 0 Å².